The number of halogens is 4. The van der Waals surface area contributed by atoms with Crippen LogP contribution in [-0.4, -0.2) is 35.4 Å². The van der Waals surface area contributed by atoms with Crippen LogP contribution in [0.5, 0.6) is 5.75 Å². The second-order valence-electron chi connectivity index (χ2n) is 9.56. The van der Waals surface area contributed by atoms with Crippen LogP contribution in [0.1, 0.15) is 41.7 Å². The number of rotatable bonds is 4. The Hall–Kier alpha value is -3.65. The van der Waals surface area contributed by atoms with Gasteiger partial charge in [0.25, 0.3) is 5.91 Å². The van der Waals surface area contributed by atoms with E-state index in [9.17, 15) is 26.9 Å². The minimum Gasteiger partial charge on any atom is -0.434 e. The number of aromatic nitrogens is 2. The fourth-order valence-corrected chi connectivity index (χ4v) is 6.59. The topological polar surface area (TPSA) is 73.2 Å². The highest BCUT2D eigenvalue weighted by molar-refractivity contribution is 7.70. The summed E-state index contributed by atoms with van der Waals surface area (Å²) in [5.41, 5.74) is 2.48. The zero-order valence-electron chi connectivity index (χ0n) is 19.6. The van der Waals surface area contributed by atoms with Gasteiger partial charge in [-0.05, 0) is 67.3 Å². The molecule has 11 heteroatoms. The molecule has 6 rings (SSSR count). The predicted octanol–water partition coefficient (Wildman–Crippen LogP) is 5.85. The number of hydrogen-bond acceptors (Lipinski definition) is 4. The molecule has 1 aromatic heterocycles. The van der Waals surface area contributed by atoms with Crippen molar-refractivity contribution in [3.05, 3.63) is 77.1 Å². The first-order chi connectivity index (χ1) is 17.5. The van der Waals surface area contributed by atoms with Gasteiger partial charge in [-0.1, -0.05) is 12.1 Å². The summed E-state index contributed by atoms with van der Waals surface area (Å²) in [6.45, 7) is -0.465. The van der Waals surface area contributed by atoms with Crippen molar-refractivity contribution in [3.8, 4) is 16.9 Å². The van der Waals surface area contributed by atoms with E-state index in [4.69, 9.17) is 4.74 Å². The van der Waals surface area contributed by atoms with Crippen LogP contribution in [-0.2, 0) is 4.57 Å². The summed E-state index contributed by atoms with van der Waals surface area (Å²) < 4.78 is 75.0. The standard InChI is InChI=1S/C26H20F4N3O3P.H2/c1-37(2,35)23-15(27)8-13(9-16(23)28)12-6-7-17-19(10-12)33-20-11-18(24(33)31-17)32-25(34)14-4-3-5-21(22(14)20)36-26(29)30;/h3-10,18,20,26H,11H2,1-2H3,(H,32,34);1H. The van der Waals surface area contributed by atoms with Gasteiger partial charge in [0.1, 0.15) is 30.4 Å². The Morgan fingerprint density at radius 1 is 1.11 bits per heavy atom. The molecule has 192 valence electrons. The predicted molar refractivity (Wildman–Crippen MR) is 132 cm³/mol. The van der Waals surface area contributed by atoms with Gasteiger partial charge in [-0.25, -0.2) is 13.8 Å². The van der Waals surface area contributed by atoms with E-state index in [1.165, 1.54) is 25.5 Å². The lowest BCUT2D eigenvalue weighted by molar-refractivity contribution is -0.0507. The average Bonchev–Trinajstić information content (AvgIpc) is 3.29. The zero-order chi connectivity index (χ0) is 26.2. The highest BCUT2D eigenvalue weighted by Gasteiger charge is 2.42. The summed E-state index contributed by atoms with van der Waals surface area (Å²) in [5.74, 6) is -1.73. The number of imidazole rings is 1. The Labute approximate surface area is 210 Å². The van der Waals surface area contributed by atoms with Crippen LogP contribution in [0.15, 0.2) is 48.5 Å². The SMILES string of the molecule is CP(C)(=O)c1c(F)cc(-c2ccc3nc4n(c3c2)C2CC4NC(=O)c3cccc(OC(F)F)c32)cc1F.[HH]. The normalized spacial score (nSPS) is 18.5. The smallest absolute Gasteiger partial charge is 0.387 e. The first-order valence-electron chi connectivity index (χ1n) is 11.5. The lowest BCUT2D eigenvalue weighted by Crippen LogP contribution is -2.28. The Morgan fingerprint density at radius 2 is 1.84 bits per heavy atom. The molecule has 0 spiro atoms. The highest BCUT2D eigenvalue weighted by Crippen LogP contribution is 2.48. The van der Waals surface area contributed by atoms with E-state index in [1.54, 1.807) is 24.3 Å². The Bertz CT molecular complexity index is 1650. The van der Waals surface area contributed by atoms with Gasteiger partial charge < -0.3 is 19.2 Å². The third kappa shape index (κ3) is 3.73. The van der Waals surface area contributed by atoms with Gasteiger partial charge in [-0.2, -0.15) is 8.78 Å². The number of alkyl halides is 2. The molecular weight excluding hydrogens is 509 g/mol. The number of hydrogen-bond donors (Lipinski definition) is 1. The molecular formula is C26H22F4N3O3P. The molecule has 3 heterocycles. The van der Waals surface area contributed by atoms with E-state index < -0.39 is 48.7 Å². The van der Waals surface area contributed by atoms with Gasteiger partial charge in [0.15, 0.2) is 0 Å². The second kappa shape index (κ2) is 8.18. The molecule has 2 bridgehead atoms. The van der Waals surface area contributed by atoms with E-state index >= 15 is 0 Å². The molecule has 2 aliphatic rings. The van der Waals surface area contributed by atoms with Crippen molar-refractivity contribution in [1.82, 2.24) is 14.9 Å². The number of amides is 1. The average molecular weight is 531 g/mol. The van der Waals surface area contributed by atoms with Crippen LogP contribution in [0.3, 0.4) is 0 Å². The molecule has 0 aliphatic carbocycles. The van der Waals surface area contributed by atoms with Crippen LogP contribution in [0.2, 0.25) is 0 Å². The molecule has 2 unspecified atom stereocenters. The summed E-state index contributed by atoms with van der Waals surface area (Å²) in [6, 6.07) is 10.8. The number of benzene rings is 3. The van der Waals surface area contributed by atoms with Gasteiger partial charge >= 0.3 is 6.61 Å². The van der Waals surface area contributed by atoms with Crippen molar-refractivity contribution in [3.63, 3.8) is 0 Å². The lowest BCUT2D eigenvalue weighted by atomic mass is 9.97. The molecule has 4 aromatic rings. The molecule has 1 N–H and O–H groups in total. The van der Waals surface area contributed by atoms with Crippen molar-refractivity contribution in [2.45, 2.75) is 25.1 Å². The fraction of sp³-hybridized carbons (Fsp3) is 0.231. The van der Waals surface area contributed by atoms with Gasteiger partial charge in [0, 0.05) is 12.6 Å². The van der Waals surface area contributed by atoms with Gasteiger partial charge in [0.05, 0.1) is 28.4 Å². The first-order valence-corrected chi connectivity index (χ1v) is 14.1. The van der Waals surface area contributed by atoms with Crippen molar-refractivity contribution in [2.75, 3.05) is 13.3 Å². The third-order valence-corrected chi connectivity index (χ3v) is 8.36. The van der Waals surface area contributed by atoms with Gasteiger partial charge in [-0.3, -0.25) is 4.79 Å². The lowest BCUT2D eigenvalue weighted by Gasteiger charge is -2.21. The number of fused-ring (bicyclic) bond motifs is 9. The highest BCUT2D eigenvalue weighted by atomic mass is 31.2. The fourth-order valence-electron chi connectivity index (χ4n) is 5.44. The number of nitrogens with zero attached hydrogens (tertiary/aromatic N) is 2. The van der Waals surface area contributed by atoms with Gasteiger partial charge in [0.2, 0.25) is 0 Å². The second-order valence-corrected chi connectivity index (χ2v) is 12.7. The minimum atomic E-state index is -3.18. The van der Waals surface area contributed by atoms with Crippen LogP contribution >= 0.6 is 7.14 Å². The van der Waals surface area contributed by atoms with E-state index in [2.05, 4.69) is 10.3 Å². The van der Waals surface area contributed by atoms with E-state index in [0.717, 1.165) is 12.1 Å². The van der Waals surface area contributed by atoms with Gasteiger partial charge in [-0.15, -0.1) is 0 Å². The third-order valence-electron chi connectivity index (χ3n) is 6.85. The van der Waals surface area contributed by atoms with Crippen LogP contribution in [0.4, 0.5) is 17.6 Å². The monoisotopic (exact) mass is 531 g/mol. The number of nitrogens with one attached hydrogen (secondary N) is 1. The van der Waals surface area contributed by atoms with E-state index in [1.807, 2.05) is 4.57 Å². The van der Waals surface area contributed by atoms with Crippen molar-refractivity contribution >= 4 is 29.4 Å². The van der Waals surface area contributed by atoms with Crippen LogP contribution in [0, 0.1) is 11.6 Å². The first kappa shape index (κ1) is 23.7. The maximum Gasteiger partial charge on any atom is 0.387 e. The largest absolute Gasteiger partial charge is 0.434 e. The molecule has 0 saturated carbocycles. The Kier molecular flexibility index (Phi) is 5.25. The Morgan fingerprint density at radius 3 is 2.51 bits per heavy atom. The number of ether oxygens (including phenoxy) is 1. The van der Waals surface area contributed by atoms with Crippen LogP contribution in [0.25, 0.3) is 22.2 Å². The van der Waals surface area contributed by atoms with E-state index in [-0.39, 0.29) is 18.3 Å². The van der Waals surface area contributed by atoms with Crippen molar-refractivity contribution in [2.24, 2.45) is 0 Å². The number of carbonyl (C=O) groups excluding carboxylic acids is 1. The summed E-state index contributed by atoms with van der Waals surface area (Å²) in [4.78, 5) is 17.5. The summed E-state index contributed by atoms with van der Waals surface area (Å²) in [6.07, 6.45) is 0.380. The minimum absolute atomic E-state index is 0. The molecule has 0 radical (unpaired) electrons. The summed E-state index contributed by atoms with van der Waals surface area (Å²) in [5, 5.41) is 2.49. The maximum atomic E-state index is 14.8. The summed E-state index contributed by atoms with van der Waals surface area (Å²) >= 11 is 0. The van der Waals surface area contributed by atoms with E-state index in [0.29, 0.717) is 34.4 Å². The Balaban J connectivity index is 0.00000294. The van der Waals surface area contributed by atoms with Crippen molar-refractivity contribution < 1.29 is 33.1 Å². The molecule has 0 fully saturated rings. The maximum absolute atomic E-state index is 14.8. The molecule has 1 amide bonds. The molecule has 2 atom stereocenters. The zero-order valence-corrected chi connectivity index (χ0v) is 20.5. The molecule has 0 saturated heterocycles. The molecule has 2 aliphatic heterocycles. The molecule has 3 aromatic carbocycles. The van der Waals surface area contributed by atoms with Crippen molar-refractivity contribution in [1.29, 1.82) is 0 Å². The quantitative estimate of drug-likeness (QED) is 0.265. The number of carbonyl (C=O) groups is 1. The summed E-state index contributed by atoms with van der Waals surface area (Å²) in [7, 11) is -3.18. The van der Waals surface area contributed by atoms with Crippen LogP contribution < -0.4 is 15.4 Å². The molecule has 37 heavy (non-hydrogen) atoms. The molecule has 6 nitrogen and oxygen atoms in total.